The molecule has 0 aromatic carbocycles. The number of hydrogen-bond acceptors (Lipinski definition) is 7. The Morgan fingerprint density at radius 1 is 0.500 bits per heavy atom. The summed E-state index contributed by atoms with van der Waals surface area (Å²) in [4.78, 5) is 10.5. The van der Waals surface area contributed by atoms with E-state index in [1.807, 2.05) is 62.3 Å². The van der Waals surface area contributed by atoms with Gasteiger partial charge in [0.15, 0.2) is 0 Å². The van der Waals surface area contributed by atoms with Crippen LogP contribution in [-0.2, 0) is 35.0 Å². The minimum Gasteiger partial charge on any atom is -0.394 e. The second-order valence-electron chi connectivity index (χ2n) is 10.4. The minimum absolute atomic E-state index is 0. The summed E-state index contributed by atoms with van der Waals surface area (Å²) < 4.78 is 16.9. The van der Waals surface area contributed by atoms with E-state index in [4.69, 9.17) is 28.6 Å². The van der Waals surface area contributed by atoms with Gasteiger partial charge >= 0.3 is 9.05 Å². The van der Waals surface area contributed by atoms with Gasteiger partial charge in [0.2, 0.25) is 0 Å². The van der Waals surface area contributed by atoms with E-state index in [1.165, 1.54) is 0 Å². The molecule has 186 valence electrons. The van der Waals surface area contributed by atoms with E-state index in [9.17, 15) is 4.80 Å². The van der Waals surface area contributed by atoms with Gasteiger partial charge in [0.25, 0.3) is 0 Å². The largest absolute Gasteiger partial charge is 0.678 e. The van der Waals surface area contributed by atoms with Crippen LogP contribution < -0.4 is 0 Å². The smallest absolute Gasteiger partial charge is 0.394 e. The van der Waals surface area contributed by atoms with E-state index >= 15 is 0 Å². The maximum Gasteiger partial charge on any atom is 0.678 e. The molecule has 0 fully saturated rings. The maximum atomic E-state index is 10.5. The van der Waals surface area contributed by atoms with Gasteiger partial charge < -0.3 is 33.4 Å². The van der Waals surface area contributed by atoms with Crippen molar-refractivity contribution in [2.24, 2.45) is 0 Å². The number of aliphatic hydroxyl groups is 3. The van der Waals surface area contributed by atoms with Gasteiger partial charge in [-0.05, 0) is 104 Å². The quantitative estimate of drug-likeness (QED) is 0.441. The van der Waals surface area contributed by atoms with Gasteiger partial charge in [-0.3, -0.25) is 0 Å². The van der Waals surface area contributed by atoms with Gasteiger partial charge in [0, 0.05) is 40.0 Å². The summed E-state index contributed by atoms with van der Waals surface area (Å²) in [5.74, 6) is 0. The minimum atomic E-state index is -3.66. The van der Waals surface area contributed by atoms with E-state index in [1.54, 1.807) is 41.5 Å². The molecule has 0 aromatic rings. The van der Waals surface area contributed by atoms with Gasteiger partial charge in [-0.2, -0.15) is 0 Å². The van der Waals surface area contributed by atoms with Crippen molar-refractivity contribution >= 4 is 9.05 Å². The Morgan fingerprint density at radius 3 is 0.667 bits per heavy atom. The van der Waals surface area contributed by atoms with Crippen LogP contribution in [0.5, 0.6) is 0 Å². The van der Waals surface area contributed by atoms with E-state index in [2.05, 4.69) is 0 Å². The van der Waals surface area contributed by atoms with Crippen LogP contribution in [0.4, 0.5) is 0 Å². The summed E-state index contributed by atoms with van der Waals surface area (Å²) in [6.45, 7) is 27.1. The van der Waals surface area contributed by atoms with Crippen molar-refractivity contribution in [3.63, 3.8) is 0 Å². The van der Waals surface area contributed by atoms with Crippen molar-refractivity contribution in [2.75, 3.05) is 0 Å². The first kappa shape index (κ1) is 41.0. The molecule has 0 rings (SSSR count). The molecule has 0 saturated heterocycles. The molecule has 0 aromatic heterocycles. The average Bonchev–Trinajstić information content (AvgIpc) is 2.14. The Bertz CT molecular complexity index is 308. The molecule has 9 heteroatoms. The Morgan fingerprint density at radius 2 is 0.600 bits per heavy atom. The molecule has 0 atom stereocenters. The molecule has 7 nitrogen and oxygen atoms in total. The molecular formula is C21H52O7SiTi. The van der Waals surface area contributed by atoms with E-state index in [0.29, 0.717) is 0 Å². The van der Waals surface area contributed by atoms with Gasteiger partial charge in [0.05, 0.1) is 16.8 Å². The molecule has 0 aliphatic rings. The molecule has 0 unspecified atom stereocenters. The summed E-state index contributed by atoms with van der Waals surface area (Å²) in [5, 5.41) is 24.2. The summed E-state index contributed by atoms with van der Waals surface area (Å²) in [7, 11) is -3.66. The van der Waals surface area contributed by atoms with Crippen molar-refractivity contribution < 1.29 is 55.1 Å². The van der Waals surface area contributed by atoms with Crippen LogP contribution in [0.1, 0.15) is 104 Å². The zero-order valence-electron chi connectivity index (χ0n) is 22.2. The number of rotatable bonds is 3. The fourth-order valence-corrected chi connectivity index (χ4v) is 3.67. The number of aliphatic hydroxyl groups excluding tert-OH is 3. The normalized spacial score (nSPS) is 12.2. The summed E-state index contributed by atoms with van der Waals surface area (Å²) in [5.41, 5.74) is -1.55. The first-order chi connectivity index (χ1) is 12.3. The fraction of sp³-hybridized carbons (Fsp3) is 1.00. The Hall–Kier alpha value is 0.651. The fourth-order valence-electron chi connectivity index (χ4n) is 1.22. The molecular weight excluding hydrogens is 440 g/mol. The average molecular weight is 493 g/mol. The first-order valence-electron chi connectivity index (χ1n) is 10.2. The molecule has 0 amide bonds. The predicted octanol–water partition coefficient (Wildman–Crippen LogP) is 4.02. The molecule has 0 saturated carbocycles. The molecule has 30 heavy (non-hydrogen) atoms. The van der Waals surface area contributed by atoms with E-state index in [0.717, 1.165) is 0 Å². The van der Waals surface area contributed by atoms with Crippen molar-refractivity contribution in [1.82, 2.24) is 0 Å². The third kappa shape index (κ3) is 63.0. The molecule has 0 radical (unpaired) electrons. The molecule has 0 aliphatic heterocycles. The first-order valence-corrected chi connectivity index (χ1v) is 11.9. The Balaban J connectivity index is -0.000000131. The van der Waals surface area contributed by atoms with Gasteiger partial charge in [-0.25, -0.2) is 0 Å². The zero-order chi connectivity index (χ0) is 24.9. The SMILES string of the molecule is CC(C)(C)O[Si](O)(OC(C)(C)C)OC(C)(C)C.CC(C)O.CC(C)O.CC(C)O.[Ti]. The van der Waals surface area contributed by atoms with Crippen LogP contribution >= 0.6 is 0 Å². The van der Waals surface area contributed by atoms with Crippen LogP contribution in [0.3, 0.4) is 0 Å². The van der Waals surface area contributed by atoms with Crippen LogP contribution in [-0.4, -0.2) is 64.3 Å². The van der Waals surface area contributed by atoms with Crippen molar-refractivity contribution in [1.29, 1.82) is 0 Å². The predicted molar refractivity (Wildman–Crippen MR) is 123 cm³/mol. The molecule has 0 heterocycles. The van der Waals surface area contributed by atoms with Crippen LogP contribution in [0.2, 0.25) is 0 Å². The third-order valence-electron chi connectivity index (χ3n) is 1.31. The molecule has 0 aliphatic carbocycles. The van der Waals surface area contributed by atoms with Gasteiger partial charge in [0.1, 0.15) is 0 Å². The Kier molecular flexibility index (Phi) is 24.7. The summed E-state index contributed by atoms with van der Waals surface area (Å²) in [6, 6.07) is 0. The van der Waals surface area contributed by atoms with Gasteiger partial charge in [-0.1, -0.05) is 0 Å². The van der Waals surface area contributed by atoms with Crippen LogP contribution in [0.15, 0.2) is 0 Å². The van der Waals surface area contributed by atoms with Crippen molar-refractivity contribution in [3.05, 3.63) is 0 Å². The second kappa shape index (κ2) is 18.1. The van der Waals surface area contributed by atoms with E-state index < -0.39 is 25.9 Å². The molecule has 0 spiro atoms. The monoisotopic (exact) mass is 492 g/mol. The zero-order valence-corrected chi connectivity index (χ0v) is 24.8. The number of hydrogen-bond donors (Lipinski definition) is 4. The standard InChI is InChI=1S/C12H28O4Si.3C3H8O.Ti/c1-10(2,3)14-17(13,15-11(4,5)6)16-12(7,8)9;3*1-3(2)4;/h13H,1-9H3;3*3-4H,1-2H3;. The molecule has 4 N–H and O–H groups in total. The third-order valence-corrected chi connectivity index (χ3v) is 3.92. The summed E-state index contributed by atoms with van der Waals surface area (Å²) >= 11 is 0. The van der Waals surface area contributed by atoms with E-state index in [-0.39, 0.29) is 40.0 Å². The Labute approximate surface area is 202 Å². The van der Waals surface area contributed by atoms with Crippen molar-refractivity contribution in [2.45, 2.75) is 139 Å². The van der Waals surface area contributed by atoms with Gasteiger partial charge in [-0.15, -0.1) is 0 Å². The van der Waals surface area contributed by atoms with Crippen LogP contribution in [0, 0.1) is 0 Å². The molecule has 0 bridgehead atoms. The maximum absolute atomic E-state index is 10.5. The second-order valence-corrected chi connectivity index (χ2v) is 12.1. The van der Waals surface area contributed by atoms with Crippen molar-refractivity contribution in [3.8, 4) is 0 Å². The topological polar surface area (TPSA) is 109 Å². The summed E-state index contributed by atoms with van der Waals surface area (Å²) in [6.07, 6.45) is -0.500. The van der Waals surface area contributed by atoms with Crippen LogP contribution in [0.25, 0.3) is 0 Å².